The van der Waals surface area contributed by atoms with E-state index < -0.39 is 10.00 Å². The van der Waals surface area contributed by atoms with Crippen molar-refractivity contribution in [1.82, 2.24) is 0 Å². The van der Waals surface area contributed by atoms with Gasteiger partial charge in [-0.1, -0.05) is 48.2 Å². The topological polar surface area (TPSA) is 190 Å². The number of hydrazone groups is 2. The molecule has 1 aliphatic carbocycles. The molecule has 26 heavy (non-hydrogen) atoms. The number of ketones is 1. The average Bonchev–Trinajstić information content (AvgIpc) is 2.64. The zero-order valence-corrected chi connectivity index (χ0v) is 15.6. The zero-order chi connectivity index (χ0) is 19.7. The van der Waals surface area contributed by atoms with Crippen LogP contribution in [0.4, 0.5) is 0 Å². The van der Waals surface area contributed by atoms with Crippen molar-refractivity contribution in [2.45, 2.75) is 17.9 Å². The van der Waals surface area contributed by atoms with Gasteiger partial charge in [-0.15, -0.1) is 10.2 Å². The van der Waals surface area contributed by atoms with Crippen molar-refractivity contribution in [3.05, 3.63) is 35.5 Å². The number of rotatable bonds is 4. The van der Waals surface area contributed by atoms with Gasteiger partial charge in [0.15, 0.2) is 5.78 Å². The number of nitriles is 1. The fourth-order valence-electron chi connectivity index (χ4n) is 2.26. The van der Waals surface area contributed by atoms with Crippen LogP contribution in [0.2, 0.25) is 0 Å². The predicted octanol–water partition coefficient (Wildman–Crippen LogP) is 2.84. The average molecular weight is 391 g/mol. The van der Waals surface area contributed by atoms with E-state index in [2.05, 4.69) is 20.4 Å². The van der Waals surface area contributed by atoms with Crippen LogP contribution in [0.1, 0.15) is 13.8 Å². The summed E-state index contributed by atoms with van der Waals surface area (Å²) in [4.78, 5) is 12.5. The molecule has 0 fully saturated rings. The van der Waals surface area contributed by atoms with Gasteiger partial charge in [0.2, 0.25) is 10.3 Å². The van der Waals surface area contributed by atoms with Gasteiger partial charge in [-0.25, -0.2) is 11.1 Å². The molecule has 0 radical (unpaired) electrons. The minimum absolute atomic E-state index is 0.0315. The van der Waals surface area contributed by atoms with E-state index in [1.165, 1.54) is 6.08 Å². The number of carbonyl (C=O) groups excluding carboxylic acids is 1. The highest BCUT2D eigenvalue weighted by molar-refractivity contribution is 8.31. The van der Waals surface area contributed by atoms with E-state index in [-0.39, 0.29) is 16.1 Å². The maximum absolute atomic E-state index is 12.5. The first kappa shape index (κ1) is 21.3. The molecule has 0 bridgehead atoms. The van der Waals surface area contributed by atoms with Crippen LogP contribution in [-0.2, 0) is 4.79 Å². The lowest BCUT2D eigenvalue weighted by atomic mass is 9.86. The second-order valence-electron chi connectivity index (χ2n) is 5.01. The summed E-state index contributed by atoms with van der Waals surface area (Å²) < 4.78 is -0.976. The molecule has 1 atom stereocenters. The molecule has 1 unspecified atom stereocenters. The summed E-state index contributed by atoms with van der Waals surface area (Å²) in [5, 5.41) is 22.0. The summed E-state index contributed by atoms with van der Waals surface area (Å²) in [5.74, 6) is 9.77. The van der Waals surface area contributed by atoms with E-state index >= 15 is 0 Å². The van der Waals surface area contributed by atoms with Crippen molar-refractivity contribution < 1.29 is 4.79 Å². The number of amidine groups is 2. The summed E-state index contributed by atoms with van der Waals surface area (Å²) in [7, 11) is 0. The van der Waals surface area contributed by atoms with E-state index in [1.807, 2.05) is 6.08 Å². The molecule has 0 saturated carbocycles. The van der Waals surface area contributed by atoms with Crippen molar-refractivity contribution in [2.75, 3.05) is 0 Å². The number of nitrogens with zero attached hydrogens (tertiary/aromatic N) is 5. The molecule has 0 heterocycles. The van der Waals surface area contributed by atoms with Crippen LogP contribution in [0.25, 0.3) is 0 Å². The molecular formula is C14H17N9OS2. The summed E-state index contributed by atoms with van der Waals surface area (Å²) in [5.41, 5.74) is 15.6. The zero-order valence-electron chi connectivity index (χ0n) is 14.0. The van der Waals surface area contributed by atoms with Crippen LogP contribution in [-0.4, -0.2) is 20.2 Å². The van der Waals surface area contributed by atoms with Crippen LogP contribution < -0.4 is 11.7 Å². The third kappa shape index (κ3) is 4.87. The van der Waals surface area contributed by atoms with Crippen LogP contribution in [0, 0.1) is 28.3 Å². The lowest BCUT2D eigenvalue weighted by Crippen LogP contribution is -2.35. The number of hydrogen-bond acceptors (Lipinski definition) is 10. The van der Waals surface area contributed by atoms with Crippen molar-refractivity contribution in [3.8, 4) is 6.07 Å². The first-order valence-corrected chi connectivity index (χ1v) is 8.71. The Morgan fingerprint density at radius 1 is 1.31 bits per heavy atom. The summed E-state index contributed by atoms with van der Waals surface area (Å²) in [6, 6.07) is 1.78. The molecule has 0 amide bonds. The van der Waals surface area contributed by atoms with Crippen molar-refractivity contribution in [2.24, 2.45) is 38.0 Å². The minimum atomic E-state index is -0.976. The fraction of sp³-hybridized carbons (Fsp3) is 0.286. The Morgan fingerprint density at radius 3 is 2.27 bits per heavy atom. The molecule has 6 N–H and O–H groups in total. The SMILES string of the molecule is CC1=CC(SC(N=N)=NN)(SC(N=N)=NN)C(C)C(C(=O)C=CC#N)=C1. The van der Waals surface area contributed by atoms with Gasteiger partial charge in [-0.2, -0.15) is 15.5 Å². The largest absolute Gasteiger partial charge is 0.321 e. The lowest BCUT2D eigenvalue weighted by Gasteiger charge is -2.37. The van der Waals surface area contributed by atoms with Crippen LogP contribution in [0.5, 0.6) is 0 Å². The second-order valence-corrected chi connectivity index (χ2v) is 7.76. The van der Waals surface area contributed by atoms with Crippen LogP contribution in [0.15, 0.2) is 55.9 Å². The molecule has 0 aromatic heterocycles. The van der Waals surface area contributed by atoms with Gasteiger partial charge in [0.05, 0.1) is 6.07 Å². The number of thioether (sulfide) groups is 2. The Bertz CT molecular complexity index is 763. The van der Waals surface area contributed by atoms with Gasteiger partial charge in [0.1, 0.15) is 4.08 Å². The standard InChI is InChI=1S/C14H17N9OS2/c1-8-6-10(11(24)4-3-5-15)9(2)14(7-8,25-12(20-16)21-17)26-13(22-18)23-19/h3-4,6-7,9,16,18H,17,19H2,1-2H3. The lowest BCUT2D eigenvalue weighted by molar-refractivity contribution is -0.111. The van der Waals surface area contributed by atoms with E-state index in [9.17, 15) is 4.79 Å². The predicted molar refractivity (Wildman–Crippen MR) is 102 cm³/mol. The Kier molecular flexibility index (Phi) is 7.88. The summed E-state index contributed by atoms with van der Waals surface area (Å²) in [6.45, 7) is 3.57. The van der Waals surface area contributed by atoms with E-state index in [0.29, 0.717) is 5.57 Å². The molecule has 0 spiro atoms. The third-order valence-corrected chi connectivity index (χ3v) is 6.23. The Balaban J connectivity index is 3.49. The highest BCUT2D eigenvalue weighted by Gasteiger charge is 2.44. The van der Waals surface area contributed by atoms with E-state index in [4.69, 9.17) is 28.0 Å². The molecule has 0 aliphatic heterocycles. The highest BCUT2D eigenvalue weighted by Crippen LogP contribution is 2.51. The monoisotopic (exact) mass is 391 g/mol. The summed E-state index contributed by atoms with van der Waals surface area (Å²) >= 11 is 2.05. The fourth-order valence-corrected chi connectivity index (χ4v) is 4.74. The highest BCUT2D eigenvalue weighted by atomic mass is 32.2. The summed E-state index contributed by atoms with van der Waals surface area (Å²) in [6.07, 6.45) is 5.82. The van der Waals surface area contributed by atoms with Gasteiger partial charge in [-0.3, -0.25) is 4.79 Å². The molecule has 12 heteroatoms. The molecule has 0 saturated heterocycles. The molecule has 1 aliphatic rings. The number of hydrogen-bond donors (Lipinski definition) is 4. The first-order valence-electron chi connectivity index (χ1n) is 7.07. The molecule has 10 nitrogen and oxygen atoms in total. The van der Waals surface area contributed by atoms with Gasteiger partial charge < -0.3 is 11.7 Å². The van der Waals surface area contributed by atoms with Crippen LogP contribution >= 0.6 is 23.5 Å². The number of carbonyl (C=O) groups is 1. The normalized spacial score (nSPS) is 23.8. The maximum atomic E-state index is 12.5. The third-order valence-electron chi connectivity index (χ3n) is 3.39. The Morgan fingerprint density at radius 2 is 1.85 bits per heavy atom. The van der Waals surface area contributed by atoms with Crippen molar-refractivity contribution >= 4 is 39.6 Å². The number of allylic oxidation sites excluding steroid dienone is 5. The number of nitrogens with one attached hydrogen (secondary N) is 2. The second kappa shape index (κ2) is 9.64. The smallest absolute Gasteiger partial charge is 0.227 e. The minimum Gasteiger partial charge on any atom is -0.321 e. The van der Waals surface area contributed by atoms with E-state index in [1.54, 1.807) is 26.0 Å². The molecular weight excluding hydrogens is 374 g/mol. The Hall–Kier alpha value is -2.78. The van der Waals surface area contributed by atoms with Gasteiger partial charge in [0, 0.05) is 17.6 Å². The quantitative estimate of drug-likeness (QED) is 0.0832. The molecule has 0 aromatic rings. The van der Waals surface area contributed by atoms with Gasteiger partial charge in [-0.05, 0) is 13.0 Å². The van der Waals surface area contributed by atoms with Crippen LogP contribution in [0.3, 0.4) is 0 Å². The van der Waals surface area contributed by atoms with Crippen molar-refractivity contribution in [1.29, 1.82) is 16.3 Å². The maximum Gasteiger partial charge on any atom is 0.227 e. The first-order chi connectivity index (χ1) is 12.4. The van der Waals surface area contributed by atoms with Crippen molar-refractivity contribution in [3.63, 3.8) is 0 Å². The Labute approximate surface area is 158 Å². The number of nitrogens with two attached hydrogens (primary N) is 2. The molecule has 1 rings (SSSR count). The van der Waals surface area contributed by atoms with Gasteiger partial charge >= 0.3 is 0 Å². The molecule has 0 aromatic carbocycles. The molecule has 136 valence electrons. The van der Waals surface area contributed by atoms with E-state index in [0.717, 1.165) is 35.2 Å². The van der Waals surface area contributed by atoms with Gasteiger partial charge in [0.25, 0.3) is 0 Å².